The van der Waals surface area contributed by atoms with E-state index in [1.54, 1.807) is 4.90 Å². The van der Waals surface area contributed by atoms with Crippen LogP contribution in [0.3, 0.4) is 0 Å². The molecule has 0 atom stereocenters. The van der Waals surface area contributed by atoms with Crippen molar-refractivity contribution in [2.24, 2.45) is 0 Å². The normalized spacial score (nSPS) is 14.5. The van der Waals surface area contributed by atoms with Gasteiger partial charge < -0.3 is 14.5 Å². The Morgan fingerprint density at radius 2 is 1.88 bits per heavy atom. The topological polar surface area (TPSA) is 32.8 Å². The summed E-state index contributed by atoms with van der Waals surface area (Å²) in [6.45, 7) is 4.02. The summed E-state index contributed by atoms with van der Waals surface area (Å²) in [7, 11) is 1.83. The first kappa shape index (κ1) is 17.0. The minimum atomic E-state index is 0.0218. The Kier molecular flexibility index (Phi) is 5.53. The molecule has 24 heavy (non-hydrogen) atoms. The Bertz CT molecular complexity index is 697. The first-order valence-corrected chi connectivity index (χ1v) is 8.85. The zero-order valence-electron chi connectivity index (χ0n) is 13.7. The lowest BCUT2D eigenvalue weighted by Crippen LogP contribution is -2.36. The molecule has 1 aliphatic rings. The van der Waals surface area contributed by atoms with Crippen molar-refractivity contribution >= 4 is 27.5 Å². The van der Waals surface area contributed by atoms with E-state index in [0.717, 1.165) is 36.3 Å². The lowest BCUT2D eigenvalue weighted by molar-refractivity contribution is 0.0785. The molecule has 5 heteroatoms. The van der Waals surface area contributed by atoms with Crippen LogP contribution in [-0.4, -0.2) is 44.2 Å². The largest absolute Gasteiger partial charge is 0.378 e. The summed E-state index contributed by atoms with van der Waals surface area (Å²) in [5.41, 5.74) is 3.03. The summed E-state index contributed by atoms with van der Waals surface area (Å²) in [5, 5.41) is 0. The highest BCUT2D eigenvalue weighted by Gasteiger charge is 2.14. The van der Waals surface area contributed by atoms with Gasteiger partial charge in [-0.1, -0.05) is 34.1 Å². The van der Waals surface area contributed by atoms with Crippen LogP contribution in [-0.2, 0) is 11.3 Å². The van der Waals surface area contributed by atoms with E-state index in [4.69, 9.17) is 4.74 Å². The first-order chi connectivity index (χ1) is 11.6. The van der Waals surface area contributed by atoms with Gasteiger partial charge in [0.2, 0.25) is 0 Å². The van der Waals surface area contributed by atoms with E-state index < -0.39 is 0 Å². The molecular weight excluding hydrogens is 368 g/mol. The molecule has 3 rings (SSSR count). The second-order valence-corrected chi connectivity index (χ2v) is 6.85. The Labute approximate surface area is 151 Å². The lowest BCUT2D eigenvalue weighted by Gasteiger charge is -2.29. The van der Waals surface area contributed by atoms with Gasteiger partial charge in [-0.25, -0.2) is 0 Å². The Balaban J connectivity index is 1.63. The third-order valence-corrected chi connectivity index (χ3v) is 4.64. The minimum Gasteiger partial charge on any atom is -0.378 e. The van der Waals surface area contributed by atoms with Crippen molar-refractivity contribution in [1.29, 1.82) is 0 Å². The predicted molar refractivity (Wildman–Crippen MR) is 99.4 cm³/mol. The van der Waals surface area contributed by atoms with Crippen LogP contribution in [0.5, 0.6) is 0 Å². The van der Waals surface area contributed by atoms with Crippen LogP contribution >= 0.6 is 15.9 Å². The maximum atomic E-state index is 12.5. The average Bonchev–Trinajstić information content (AvgIpc) is 2.62. The van der Waals surface area contributed by atoms with Gasteiger partial charge in [0, 0.05) is 42.4 Å². The van der Waals surface area contributed by atoms with Gasteiger partial charge in [-0.15, -0.1) is 0 Å². The molecule has 0 unspecified atom stereocenters. The van der Waals surface area contributed by atoms with E-state index in [1.807, 2.05) is 31.3 Å². The van der Waals surface area contributed by atoms with E-state index in [9.17, 15) is 4.79 Å². The molecular formula is C19H21BrN2O2. The van der Waals surface area contributed by atoms with Crippen LogP contribution in [0.4, 0.5) is 5.69 Å². The highest BCUT2D eigenvalue weighted by atomic mass is 79.9. The molecule has 2 aromatic rings. The van der Waals surface area contributed by atoms with Crippen molar-refractivity contribution in [1.82, 2.24) is 4.90 Å². The molecule has 1 heterocycles. The molecule has 1 saturated heterocycles. The molecule has 0 bridgehead atoms. The average molecular weight is 389 g/mol. The van der Waals surface area contributed by atoms with Crippen molar-refractivity contribution in [3.8, 4) is 0 Å². The number of amides is 1. The molecule has 126 valence electrons. The van der Waals surface area contributed by atoms with Gasteiger partial charge >= 0.3 is 0 Å². The van der Waals surface area contributed by atoms with E-state index in [2.05, 4.69) is 45.1 Å². The number of morpholine rings is 1. The second kappa shape index (κ2) is 7.81. The molecule has 0 saturated carbocycles. The Morgan fingerprint density at radius 3 is 2.54 bits per heavy atom. The smallest absolute Gasteiger partial charge is 0.253 e. The van der Waals surface area contributed by atoms with Gasteiger partial charge in [0.1, 0.15) is 0 Å². The molecule has 1 amide bonds. The predicted octanol–water partition coefficient (Wildman–Crippen LogP) is 3.56. The Hall–Kier alpha value is -1.85. The number of nitrogens with zero attached hydrogens (tertiary/aromatic N) is 2. The van der Waals surface area contributed by atoms with Crippen LogP contribution in [0.2, 0.25) is 0 Å². The molecule has 0 aliphatic carbocycles. The second-order valence-electron chi connectivity index (χ2n) is 5.94. The molecule has 0 N–H and O–H groups in total. The fraction of sp³-hybridized carbons (Fsp3) is 0.316. The number of benzene rings is 2. The SMILES string of the molecule is CN(Cc1ccc(N2CCOCC2)cc1)C(=O)c1cccc(Br)c1. The molecule has 1 aliphatic heterocycles. The van der Waals surface area contributed by atoms with Crippen molar-refractivity contribution in [3.63, 3.8) is 0 Å². The van der Waals surface area contributed by atoms with Crippen molar-refractivity contribution in [3.05, 3.63) is 64.1 Å². The molecule has 0 aromatic heterocycles. The van der Waals surface area contributed by atoms with Crippen LogP contribution in [0.15, 0.2) is 53.0 Å². The number of hydrogen-bond donors (Lipinski definition) is 0. The summed E-state index contributed by atoms with van der Waals surface area (Å²) in [6, 6.07) is 15.9. The third kappa shape index (κ3) is 4.16. The molecule has 2 aromatic carbocycles. The highest BCUT2D eigenvalue weighted by Crippen LogP contribution is 2.18. The number of anilines is 1. The van der Waals surface area contributed by atoms with E-state index >= 15 is 0 Å². The van der Waals surface area contributed by atoms with E-state index in [-0.39, 0.29) is 5.91 Å². The quantitative estimate of drug-likeness (QED) is 0.802. The zero-order valence-corrected chi connectivity index (χ0v) is 15.3. The Morgan fingerprint density at radius 1 is 1.17 bits per heavy atom. The van der Waals surface area contributed by atoms with Crippen molar-refractivity contribution in [2.75, 3.05) is 38.3 Å². The molecule has 4 nitrogen and oxygen atoms in total. The number of halogens is 1. The number of rotatable bonds is 4. The number of carbonyl (C=O) groups excluding carboxylic acids is 1. The molecule has 0 radical (unpaired) electrons. The molecule has 1 fully saturated rings. The summed E-state index contributed by atoms with van der Waals surface area (Å²) >= 11 is 3.41. The fourth-order valence-electron chi connectivity index (χ4n) is 2.82. The van der Waals surface area contributed by atoms with Crippen molar-refractivity contribution < 1.29 is 9.53 Å². The maximum absolute atomic E-state index is 12.5. The van der Waals surface area contributed by atoms with Gasteiger partial charge in [-0.3, -0.25) is 4.79 Å². The fourth-order valence-corrected chi connectivity index (χ4v) is 3.22. The molecule has 0 spiro atoms. The first-order valence-electron chi connectivity index (χ1n) is 8.06. The van der Waals surface area contributed by atoms with Gasteiger partial charge in [-0.05, 0) is 35.9 Å². The monoisotopic (exact) mass is 388 g/mol. The number of carbonyl (C=O) groups is 1. The number of ether oxygens (including phenoxy) is 1. The number of hydrogen-bond acceptors (Lipinski definition) is 3. The standard InChI is InChI=1S/C19H21BrN2O2/c1-21(19(23)16-3-2-4-17(20)13-16)14-15-5-7-18(8-6-15)22-9-11-24-12-10-22/h2-8,13H,9-12,14H2,1H3. The summed E-state index contributed by atoms with van der Waals surface area (Å²) in [4.78, 5) is 16.6. The van der Waals surface area contributed by atoms with Gasteiger partial charge in [0.25, 0.3) is 5.91 Å². The van der Waals surface area contributed by atoms with Gasteiger partial charge in [-0.2, -0.15) is 0 Å². The maximum Gasteiger partial charge on any atom is 0.253 e. The van der Waals surface area contributed by atoms with Crippen LogP contribution in [0.25, 0.3) is 0 Å². The zero-order chi connectivity index (χ0) is 16.9. The lowest BCUT2D eigenvalue weighted by atomic mass is 10.1. The van der Waals surface area contributed by atoms with E-state index in [0.29, 0.717) is 12.1 Å². The van der Waals surface area contributed by atoms with Crippen LogP contribution in [0.1, 0.15) is 15.9 Å². The van der Waals surface area contributed by atoms with Crippen LogP contribution < -0.4 is 4.90 Å². The minimum absolute atomic E-state index is 0.0218. The summed E-state index contributed by atoms with van der Waals surface area (Å²) in [5.74, 6) is 0.0218. The van der Waals surface area contributed by atoms with E-state index in [1.165, 1.54) is 5.69 Å². The third-order valence-electron chi connectivity index (χ3n) is 4.15. The van der Waals surface area contributed by atoms with Crippen molar-refractivity contribution in [2.45, 2.75) is 6.54 Å². The summed E-state index contributed by atoms with van der Waals surface area (Å²) in [6.07, 6.45) is 0. The van der Waals surface area contributed by atoms with Gasteiger partial charge in [0.05, 0.1) is 13.2 Å². The highest BCUT2D eigenvalue weighted by molar-refractivity contribution is 9.10. The van der Waals surface area contributed by atoms with Crippen LogP contribution in [0, 0.1) is 0 Å². The summed E-state index contributed by atoms with van der Waals surface area (Å²) < 4.78 is 6.30. The van der Waals surface area contributed by atoms with Gasteiger partial charge in [0.15, 0.2) is 0 Å².